The summed E-state index contributed by atoms with van der Waals surface area (Å²) in [6.45, 7) is 3.88. The SMILES string of the molecule is C/C(=N/NC(=O)c1cc(-c2ccc(Br)cc2)n[nH]1)c1ccc(C)cc1. The monoisotopic (exact) mass is 396 g/mol. The molecular weight excluding hydrogens is 380 g/mol. The molecule has 1 aromatic heterocycles. The summed E-state index contributed by atoms with van der Waals surface area (Å²) in [5, 5.41) is 11.1. The summed E-state index contributed by atoms with van der Waals surface area (Å²) in [5.74, 6) is -0.331. The molecule has 0 aliphatic heterocycles. The lowest BCUT2D eigenvalue weighted by atomic mass is 10.1. The van der Waals surface area contributed by atoms with Crippen LogP contribution in [0.15, 0.2) is 64.2 Å². The van der Waals surface area contributed by atoms with E-state index in [-0.39, 0.29) is 5.91 Å². The highest BCUT2D eigenvalue weighted by atomic mass is 79.9. The number of aryl methyl sites for hydroxylation is 1. The molecule has 3 aromatic rings. The number of carbonyl (C=O) groups excluding carboxylic acids is 1. The molecule has 0 saturated heterocycles. The van der Waals surface area contributed by atoms with Gasteiger partial charge in [0, 0.05) is 10.0 Å². The van der Waals surface area contributed by atoms with Crippen LogP contribution in [0.1, 0.15) is 28.5 Å². The highest BCUT2D eigenvalue weighted by Crippen LogP contribution is 2.20. The Morgan fingerprint density at radius 2 is 1.80 bits per heavy atom. The van der Waals surface area contributed by atoms with Crippen LogP contribution in [0.2, 0.25) is 0 Å². The number of carbonyl (C=O) groups is 1. The summed E-state index contributed by atoms with van der Waals surface area (Å²) >= 11 is 3.40. The quantitative estimate of drug-likeness (QED) is 0.509. The number of rotatable bonds is 4. The minimum absolute atomic E-state index is 0.331. The van der Waals surface area contributed by atoms with Gasteiger partial charge in [0.05, 0.1) is 11.4 Å². The second-order valence-electron chi connectivity index (χ2n) is 5.68. The van der Waals surface area contributed by atoms with Crippen LogP contribution in [0, 0.1) is 6.92 Å². The van der Waals surface area contributed by atoms with Crippen LogP contribution in [-0.2, 0) is 0 Å². The van der Waals surface area contributed by atoms with Crippen molar-refractivity contribution in [3.8, 4) is 11.3 Å². The van der Waals surface area contributed by atoms with Gasteiger partial charge in [0.2, 0.25) is 0 Å². The van der Waals surface area contributed by atoms with Crippen LogP contribution in [0.25, 0.3) is 11.3 Å². The van der Waals surface area contributed by atoms with E-state index in [1.54, 1.807) is 6.07 Å². The number of nitrogens with one attached hydrogen (secondary N) is 2. The normalized spacial score (nSPS) is 11.4. The average Bonchev–Trinajstić information content (AvgIpc) is 3.11. The molecule has 0 fully saturated rings. The summed E-state index contributed by atoms with van der Waals surface area (Å²) in [5.41, 5.74) is 7.43. The second kappa shape index (κ2) is 7.44. The van der Waals surface area contributed by atoms with E-state index in [1.807, 2.05) is 62.4 Å². The molecule has 2 N–H and O–H groups in total. The maximum absolute atomic E-state index is 12.2. The average molecular weight is 397 g/mol. The summed E-state index contributed by atoms with van der Waals surface area (Å²) in [6.07, 6.45) is 0. The zero-order valence-corrected chi connectivity index (χ0v) is 15.5. The number of H-pyrrole nitrogens is 1. The van der Waals surface area contributed by atoms with Crippen molar-refractivity contribution in [1.29, 1.82) is 0 Å². The van der Waals surface area contributed by atoms with Gasteiger partial charge in [-0.2, -0.15) is 10.2 Å². The predicted octanol–water partition coefficient (Wildman–Crippen LogP) is 4.30. The summed E-state index contributed by atoms with van der Waals surface area (Å²) in [7, 11) is 0. The summed E-state index contributed by atoms with van der Waals surface area (Å²) < 4.78 is 0.991. The molecule has 0 aliphatic rings. The summed E-state index contributed by atoms with van der Waals surface area (Å²) in [6, 6.07) is 17.4. The first-order valence-electron chi connectivity index (χ1n) is 7.76. The molecule has 1 heterocycles. The molecule has 0 saturated carbocycles. The number of amides is 1. The molecule has 0 spiro atoms. The van der Waals surface area contributed by atoms with Gasteiger partial charge >= 0.3 is 0 Å². The number of benzene rings is 2. The summed E-state index contributed by atoms with van der Waals surface area (Å²) in [4.78, 5) is 12.2. The van der Waals surface area contributed by atoms with Gasteiger partial charge in [-0.1, -0.05) is 57.9 Å². The molecule has 2 aromatic carbocycles. The standard InChI is InChI=1S/C19H17BrN4O/c1-12-3-5-14(6-4-12)13(2)21-24-19(25)18-11-17(22-23-18)15-7-9-16(20)10-8-15/h3-11H,1-2H3,(H,22,23)(H,24,25)/b21-13-. The van der Waals surface area contributed by atoms with Crippen LogP contribution < -0.4 is 5.43 Å². The molecule has 126 valence electrons. The molecule has 0 atom stereocenters. The molecule has 0 radical (unpaired) electrons. The third kappa shape index (κ3) is 4.22. The lowest BCUT2D eigenvalue weighted by Crippen LogP contribution is -2.19. The number of hydrogen-bond acceptors (Lipinski definition) is 3. The van der Waals surface area contributed by atoms with Crippen molar-refractivity contribution >= 4 is 27.5 Å². The van der Waals surface area contributed by atoms with Crippen molar-refractivity contribution in [2.45, 2.75) is 13.8 Å². The zero-order chi connectivity index (χ0) is 17.8. The molecular formula is C19H17BrN4O. The third-order valence-corrected chi connectivity index (χ3v) is 4.29. The van der Waals surface area contributed by atoms with E-state index in [0.29, 0.717) is 11.4 Å². The van der Waals surface area contributed by atoms with E-state index >= 15 is 0 Å². The lowest BCUT2D eigenvalue weighted by molar-refractivity contribution is 0.0950. The molecule has 3 rings (SSSR count). The van der Waals surface area contributed by atoms with Crippen molar-refractivity contribution in [2.75, 3.05) is 0 Å². The highest BCUT2D eigenvalue weighted by molar-refractivity contribution is 9.10. The number of nitrogens with zero attached hydrogens (tertiary/aromatic N) is 2. The van der Waals surface area contributed by atoms with E-state index in [4.69, 9.17) is 0 Å². The van der Waals surface area contributed by atoms with Gasteiger partial charge < -0.3 is 0 Å². The first-order valence-corrected chi connectivity index (χ1v) is 8.55. The van der Waals surface area contributed by atoms with E-state index in [0.717, 1.165) is 21.3 Å². The second-order valence-corrected chi connectivity index (χ2v) is 6.59. The van der Waals surface area contributed by atoms with E-state index in [1.165, 1.54) is 5.56 Å². The Labute approximate surface area is 154 Å². The van der Waals surface area contributed by atoms with Crippen LogP contribution in [-0.4, -0.2) is 21.8 Å². The topological polar surface area (TPSA) is 70.1 Å². The van der Waals surface area contributed by atoms with Gasteiger partial charge in [-0.25, -0.2) is 5.43 Å². The van der Waals surface area contributed by atoms with Crippen molar-refractivity contribution in [3.05, 3.63) is 75.9 Å². The van der Waals surface area contributed by atoms with E-state index in [9.17, 15) is 4.79 Å². The molecule has 0 unspecified atom stereocenters. The Morgan fingerprint density at radius 3 is 2.48 bits per heavy atom. The minimum atomic E-state index is -0.331. The zero-order valence-electron chi connectivity index (χ0n) is 13.9. The highest BCUT2D eigenvalue weighted by Gasteiger charge is 2.10. The molecule has 0 bridgehead atoms. The van der Waals surface area contributed by atoms with E-state index < -0.39 is 0 Å². The Balaban J connectivity index is 1.70. The maximum Gasteiger partial charge on any atom is 0.289 e. The van der Waals surface area contributed by atoms with Crippen LogP contribution in [0.5, 0.6) is 0 Å². The van der Waals surface area contributed by atoms with E-state index in [2.05, 4.69) is 36.7 Å². The van der Waals surface area contributed by atoms with Gasteiger partial charge in [0.15, 0.2) is 0 Å². The van der Waals surface area contributed by atoms with Crippen molar-refractivity contribution in [3.63, 3.8) is 0 Å². The molecule has 5 nitrogen and oxygen atoms in total. The Kier molecular flexibility index (Phi) is 5.09. The fourth-order valence-electron chi connectivity index (χ4n) is 2.26. The first-order chi connectivity index (χ1) is 12.0. The molecule has 0 aliphatic carbocycles. The number of halogens is 1. The molecule has 25 heavy (non-hydrogen) atoms. The van der Waals surface area contributed by atoms with Gasteiger partial charge in [-0.3, -0.25) is 9.89 Å². The number of aromatic nitrogens is 2. The van der Waals surface area contributed by atoms with Gasteiger partial charge in [0.1, 0.15) is 5.69 Å². The molecule has 1 amide bonds. The minimum Gasteiger partial charge on any atom is -0.272 e. The number of aromatic amines is 1. The van der Waals surface area contributed by atoms with Crippen LogP contribution in [0.4, 0.5) is 0 Å². The van der Waals surface area contributed by atoms with Crippen LogP contribution in [0.3, 0.4) is 0 Å². The van der Waals surface area contributed by atoms with Crippen molar-refractivity contribution in [2.24, 2.45) is 5.10 Å². The first kappa shape index (κ1) is 17.1. The Bertz CT molecular complexity index is 911. The molecule has 6 heteroatoms. The fraction of sp³-hybridized carbons (Fsp3) is 0.105. The Hall–Kier alpha value is -2.73. The number of hydrogen-bond donors (Lipinski definition) is 2. The lowest BCUT2D eigenvalue weighted by Gasteiger charge is -2.02. The smallest absolute Gasteiger partial charge is 0.272 e. The van der Waals surface area contributed by atoms with Crippen LogP contribution >= 0.6 is 15.9 Å². The van der Waals surface area contributed by atoms with Gasteiger partial charge in [-0.15, -0.1) is 0 Å². The predicted molar refractivity (Wildman–Crippen MR) is 103 cm³/mol. The fourth-order valence-corrected chi connectivity index (χ4v) is 2.53. The number of hydrazone groups is 1. The maximum atomic E-state index is 12.2. The van der Waals surface area contributed by atoms with Crippen molar-refractivity contribution < 1.29 is 4.79 Å². The van der Waals surface area contributed by atoms with Gasteiger partial charge in [0.25, 0.3) is 5.91 Å². The largest absolute Gasteiger partial charge is 0.289 e. The Morgan fingerprint density at radius 1 is 1.12 bits per heavy atom. The van der Waals surface area contributed by atoms with Gasteiger partial charge in [-0.05, 0) is 37.6 Å². The third-order valence-electron chi connectivity index (χ3n) is 3.76. The van der Waals surface area contributed by atoms with Crippen molar-refractivity contribution in [1.82, 2.24) is 15.6 Å².